The number of piperidine rings is 1. The van der Waals surface area contributed by atoms with Crippen molar-refractivity contribution < 1.29 is 18.7 Å². The van der Waals surface area contributed by atoms with Gasteiger partial charge in [-0.25, -0.2) is 14.4 Å². The lowest BCUT2D eigenvalue weighted by molar-refractivity contribution is 0.0931. The van der Waals surface area contributed by atoms with Crippen LogP contribution in [0, 0.1) is 11.7 Å². The van der Waals surface area contributed by atoms with Crippen molar-refractivity contribution in [1.82, 2.24) is 25.6 Å². The maximum Gasteiger partial charge on any atom is 0.255 e. The average molecular weight is 439 g/mol. The monoisotopic (exact) mass is 439 g/mol. The fraction of sp³-hybridized carbons (Fsp3) is 0.435. The molecule has 1 aliphatic carbocycles. The molecule has 1 saturated heterocycles. The molecule has 0 spiro atoms. The quantitative estimate of drug-likeness (QED) is 0.523. The number of H-pyrrole nitrogens is 1. The summed E-state index contributed by atoms with van der Waals surface area (Å²) in [4.78, 5) is 24.9. The number of aromatic nitrogens is 3. The first-order chi connectivity index (χ1) is 15.6. The molecule has 9 heteroatoms. The van der Waals surface area contributed by atoms with Crippen molar-refractivity contribution in [1.29, 1.82) is 0 Å². The van der Waals surface area contributed by atoms with Crippen LogP contribution in [0.3, 0.4) is 0 Å². The highest BCUT2D eigenvalue weighted by Crippen LogP contribution is 2.39. The number of hydrogen-bond acceptors (Lipinski definition) is 6. The van der Waals surface area contributed by atoms with E-state index in [0.29, 0.717) is 46.1 Å². The number of nitrogens with zero attached hydrogens (tertiary/aromatic N) is 2. The van der Waals surface area contributed by atoms with Crippen LogP contribution in [0.1, 0.15) is 36.0 Å². The molecule has 1 aromatic carbocycles. The Balaban J connectivity index is 1.51. The summed E-state index contributed by atoms with van der Waals surface area (Å²) in [5.41, 5.74) is 2.67. The summed E-state index contributed by atoms with van der Waals surface area (Å²) in [6.07, 6.45) is 7.09. The number of ether oxygens (including phenoxy) is 2. The van der Waals surface area contributed by atoms with Crippen LogP contribution in [-0.4, -0.2) is 53.7 Å². The van der Waals surface area contributed by atoms with Gasteiger partial charge in [-0.3, -0.25) is 4.79 Å². The number of rotatable bonds is 7. The summed E-state index contributed by atoms with van der Waals surface area (Å²) in [6.45, 7) is 2.31. The molecule has 0 radical (unpaired) electrons. The lowest BCUT2D eigenvalue weighted by Crippen LogP contribution is -2.42. The molecule has 2 aromatic heterocycles. The van der Waals surface area contributed by atoms with E-state index in [2.05, 4.69) is 25.6 Å². The van der Waals surface area contributed by atoms with Crippen LogP contribution in [0.5, 0.6) is 11.5 Å². The van der Waals surface area contributed by atoms with Crippen molar-refractivity contribution >= 4 is 16.9 Å². The van der Waals surface area contributed by atoms with E-state index < -0.39 is 5.82 Å². The molecule has 8 nitrogen and oxygen atoms in total. The molecule has 0 bridgehead atoms. The van der Waals surface area contributed by atoms with Crippen LogP contribution in [0.25, 0.3) is 22.3 Å². The average Bonchev–Trinajstić information content (AvgIpc) is 3.54. The molecule has 1 amide bonds. The lowest BCUT2D eigenvalue weighted by Gasteiger charge is -2.23. The molecule has 2 fully saturated rings. The zero-order chi connectivity index (χ0) is 22.1. The van der Waals surface area contributed by atoms with Crippen molar-refractivity contribution in [3.05, 3.63) is 36.0 Å². The summed E-state index contributed by atoms with van der Waals surface area (Å²) in [5.74, 6) is 0.330. The van der Waals surface area contributed by atoms with Gasteiger partial charge in [0.25, 0.3) is 5.91 Å². The molecule has 168 valence electrons. The molecular formula is C23H26FN5O3. The van der Waals surface area contributed by atoms with E-state index in [1.807, 2.05) is 0 Å². The van der Waals surface area contributed by atoms with Gasteiger partial charge in [-0.05, 0) is 50.8 Å². The second-order valence-electron chi connectivity index (χ2n) is 8.38. The number of carbonyl (C=O) groups is 1. The number of amides is 1. The molecule has 2 aliphatic rings. The molecule has 3 N–H and O–H groups in total. The van der Waals surface area contributed by atoms with Crippen LogP contribution in [0.2, 0.25) is 0 Å². The molecule has 0 atom stereocenters. The highest BCUT2D eigenvalue weighted by Gasteiger charge is 2.25. The summed E-state index contributed by atoms with van der Waals surface area (Å²) >= 11 is 0. The first-order valence-corrected chi connectivity index (χ1v) is 11.0. The minimum Gasteiger partial charge on any atom is -0.494 e. The minimum atomic E-state index is -0.499. The van der Waals surface area contributed by atoms with Crippen molar-refractivity contribution in [3.8, 4) is 22.8 Å². The van der Waals surface area contributed by atoms with Gasteiger partial charge in [0.05, 0.1) is 24.8 Å². The lowest BCUT2D eigenvalue weighted by atomic mass is 10.1. The predicted octanol–water partition coefficient (Wildman–Crippen LogP) is 3.04. The maximum atomic E-state index is 14.4. The molecule has 1 aliphatic heterocycles. The summed E-state index contributed by atoms with van der Waals surface area (Å²) < 4.78 is 25.6. The van der Waals surface area contributed by atoms with Crippen LogP contribution in [0.4, 0.5) is 4.39 Å². The molecule has 5 rings (SSSR count). The van der Waals surface area contributed by atoms with E-state index in [0.717, 1.165) is 38.8 Å². The van der Waals surface area contributed by atoms with Gasteiger partial charge in [-0.15, -0.1) is 0 Å². The second-order valence-corrected chi connectivity index (χ2v) is 8.38. The Morgan fingerprint density at radius 3 is 2.75 bits per heavy atom. The Morgan fingerprint density at radius 2 is 2.00 bits per heavy atom. The Hall–Kier alpha value is -3.20. The van der Waals surface area contributed by atoms with Gasteiger partial charge in [0.2, 0.25) is 0 Å². The number of methoxy groups -OCH3 is 1. The van der Waals surface area contributed by atoms with Crippen molar-refractivity contribution in [3.63, 3.8) is 0 Å². The van der Waals surface area contributed by atoms with E-state index in [1.165, 1.54) is 19.5 Å². The fourth-order valence-electron chi connectivity index (χ4n) is 4.03. The highest BCUT2D eigenvalue weighted by molar-refractivity contribution is 6.08. The SMILES string of the molecule is COc1cc(-c2ncnc3c(C(=O)NC4CCNCC4)c[nH]c23)c(OCC2CC2)cc1F. The number of aromatic amines is 1. The number of carbonyl (C=O) groups excluding carboxylic acids is 1. The summed E-state index contributed by atoms with van der Waals surface area (Å²) in [5, 5.41) is 6.39. The van der Waals surface area contributed by atoms with Crippen LogP contribution in [-0.2, 0) is 0 Å². The molecular weight excluding hydrogens is 413 g/mol. The van der Waals surface area contributed by atoms with Crippen LogP contribution < -0.4 is 20.1 Å². The fourth-order valence-corrected chi connectivity index (χ4v) is 4.03. The van der Waals surface area contributed by atoms with Gasteiger partial charge in [0.1, 0.15) is 23.3 Å². The van der Waals surface area contributed by atoms with Crippen LogP contribution >= 0.6 is 0 Å². The Morgan fingerprint density at radius 1 is 1.19 bits per heavy atom. The van der Waals surface area contributed by atoms with Gasteiger partial charge >= 0.3 is 0 Å². The van der Waals surface area contributed by atoms with E-state index >= 15 is 0 Å². The first-order valence-electron chi connectivity index (χ1n) is 11.0. The number of benzene rings is 1. The molecule has 32 heavy (non-hydrogen) atoms. The zero-order valence-electron chi connectivity index (χ0n) is 17.9. The van der Waals surface area contributed by atoms with E-state index in [4.69, 9.17) is 9.47 Å². The summed E-state index contributed by atoms with van der Waals surface area (Å²) in [7, 11) is 1.42. The summed E-state index contributed by atoms with van der Waals surface area (Å²) in [6, 6.07) is 3.05. The number of fused-ring (bicyclic) bond motifs is 1. The molecule has 0 unspecified atom stereocenters. The van der Waals surface area contributed by atoms with Crippen molar-refractivity contribution in [2.24, 2.45) is 5.92 Å². The minimum absolute atomic E-state index is 0.0981. The normalized spacial score (nSPS) is 16.8. The Kier molecular flexibility index (Phi) is 5.65. The van der Waals surface area contributed by atoms with Gasteiger partial charge < -0.3 is 25.1 Å². The third-order valence-electron chi connectivity index (χ3n) is 6.06. The van der Waals surface area contributed by atoms with Gasteiger partial charge in [-0.1, -0.05) is 0 Å². The number of nitrogens with one attached hydrogen (secondary N) is 3. The topological polar surface area (TPSA) is 101 Å². The van der Waals surface area contributed by atoms with Gasteiger partial charge in [0, 0.05) is 23.9 Å². The number of hydrogen-bond donors (Lipinski definition) is 3. The zero-order valence-corrected chi connectivity index (χ0v) is 17.9. The largest absolute Gasteiger partial charge is 0.494 e. The third kappa shape index (κ3) is 4.12. The van der Waals surface area contributed by atoms with Crippen LogP contribution in [0.15, 0.2) is 24.7 Å². The second kappa shape index (κ2) is 8.74. The van der Waals surface area contributed by atoms with E-state index in [-0.39, 0.29) is 17.7 Å². The first kappa shape index (κ1) is 20.7. The Bertz CT molecular complexity index is 1140. The van der Waals surface area contributed by atoms with Crippen molar-refractivity contribution in [2.45, 2.75) is 31.7 Å². The smallest absolute Gasteiger partial charge is 0.255 e. The Labute approximate surface area is 184 Å². The standard InChI is InChI=1S/C23H26FN5O3/c1-31-19-8-15(18(9-17(19)24)32-11-13-2-3-13)20-22-21(28-12-27-20)16(10-26-22)23(30)29-14-4-6-25-7-5-14/h8-10,12-14,25-26H,2-7,11H2,1H3,(H,29,30). The van der Waals surface area contributed by atoms with Crippen molar-refractivity contribution in [2.75, 3.05) is 26.8 Å². The maximum absolute atomic E-state index is 14.4. The number of halogens is 1. The highest BCUT2D eigenvalue weighted by atomic mass is 19.1. The molecule has 3 aromatic rings. The van der Waals surface area contributed by atoms with Gasteiger partial charge in [-0.2, -0.15) is 0 Å². The third-order valence-corrected chi connectivity index (χ3v) is 6.06. The van der Waals surface area contributed by atoms with E-state index in [9.17, 15) is 9.18 Å². The molecule has 1 saturated carbocycles. The molecule has 3 heterocycles. The van der Waals surface area contributed by atoms with E-state index in [1.54, 1.807) is 12.3 Å². The van der Waals surface area contributed by atoms with Gasteiger partial charge in [0.15, 0.2) is 11.6 Å². The predicted molar refractivity (Wildman–Crippen MR) is 117 cm³/mol.